The van der Waals surface area contributed by atoms with Crippen molar-refractivity contribution in [3.63, 3.8) is 0 Å². The van der Waals surface area contributed by atoms with Crippen LogP contribution in [0.1, 0.15) is 5.82 Å². The minimum absolute atomic E-state index is 0.321. The molecule has 0 fully saturated rings. The molecule has 0 amide bonds. The zero-order valence-corrected chi connectivity index (χ0v) is 9.84. The van der Waals surface area contributed by atoms with Gasteiger partial charge >= 0.3 is 0 Å². The van der Waals surface area contributed by atoms with Gasteiger partial charge in [-0.2, -0.15) is 0 Å². The summed E-state index contributed by atoms with van der Waals surface area (Å²) in [5, 5.41) is 3.68. The number of halogens is 2. The molecule has 0 unspecified atom stereocenters. The fourth-order valence-corrected chi connectivity index (χ4v) is 2.37. The number of imidazole rings is 1. The van der Waals surface area contributed by atoms with Crippen LogP contribution in [0.25, 0.3) is 11.3 Å². The van der Waals surface area contributed by atoms with Crippen molar-refractivity contribution >= 4 is 11.6 Å². The van der Waals surface area contributed by atoms with E-state index in [0.29, 0.717) is 5.02 Å². The number of hydrogen-bond acceptors (Lipinski definition) is 2. The topological polar surface area (TPSA) is 29.9 Å². The molecular weight excluding hydrogens is 241 g/mol. The number of hydrogen-bond donors (Lipinski definition) is 1. The number of nitrogens with one attached hydrogen (secondary N) is 1. The third-order valence-corrected chi connectivity index (χ3v) is 3.25. The maximum absolute atomic E-state index is 13.0. The molecule has 1 aliphatic heterocycles. The molecule has 0 spiro atoms. The summed E-state index contributed by atoms with van der Waals surface area (Å²) in [5.74, 6) is 0.672. The monoisotopic (exact) mass is 251 g/mol. The molecule has 1 aliphatic rings. The molecule has 0 aliphatic carbocycles. The number of aromatic nitrogens is 2. The Balaban J connectivity index is 2.12. The number of fused-ring (bicyclic) bond motifs is 1. The first kappa shape index (κ1) is 10.7. The third-order valence-electron chi connectivity index (χ3n) is 2.94. The van der Waals surface area contributed by atoms with Crippen LogP contribution in [-0.2, 0) is 13.1 Å². The Kier molecular flexibility index (Phi) is 2.61. The van der Waals surface area contributed by atoms with Crippen LogP contribution in [0.5, 0.6) is 0 Å². The Hall–Kier alpha value is -1.39. The van der Waals surface area contributed by atoms with Gasteiger partial charge in [0.2, 0.25) is 0 Å². The molecule has 2 heterocycles. The van der Waals surface area contributed by atoms with Gasteiger partial charge in [0.1, 0.15) is 11.6 Å². The first-order valence-electron chi connectivity index (χ1n) is 5.46. The smallest absolute Gasteiger partial charge is 0.124 e. The summed E-state index contributed by atoms with van der Waals surface area (Å²) < 4.78 is 15.1. The van der Waals surface area contributed by atoms with Gasteiger partial charge in [0.25, 0.3) is 0 Å². The average Bonchev–Trinajstić information content (AvgIpc) is 2.73. The number of rotatable bonds is 1. The van der Waals surface area contributed by atoms with Crippen LogP contribution >= 0.6 is 11.6 Å². The van der Waals surface area contributed by atoms with E-state index in [0.717, 1.165) is 36.7 Å². The predicted octanol–water partition coefficient (Wildman–Crippen LogP) is 2.45. The van der Waals surface area contributed by atoms with E-state index in [1.807, 2.05) is 0 Å². The van der Waals surface area contributed by atoms with E-state index >= 15 is 0 Å². The van der Waals surface area contributed by atoms with E-state index in [1.54, 1.807) is 12.3 Å². The van der Waals surface area contributed by atoms with Gasteiger partial charge in [-0.25, -0.2) is 9.37 Å². The van der Waals surface area contributed by atoms with Gasteiger partial charge in [0, 0.05) is 18.7 Å². The molecule has 0 bridgehead atoms. The van der Waals surface area contributed by atoms with Gasteiger partial charge in [0.15, 0.2) is 0 Å². The molecule has 1 aromatic heterocycles. The first-order valence-corrected chi connectivity index (χ1v) is 5.84. The van der Waals surface area contributed by atoms with E-state index in [2.05, 4.69) is 14.9 Å². The average molecular weight is 252 g/mol. The summed E-state index contributed by atoms with van der Waals surface area (Å²) in [6.45, 7) is 2.53. The lowest BCUT2D eigenvalue weighted by atomic mass is 10.1. The van der Waals surface area contributed by atoms with Gasteiger partial charge in [0.05, 0.1) is 23.5 Å². The Morgan fingerprint density at radius 2 is 2.29 bits per heavy atom. The minimum atomic E-state index is -0.321. The molecule has 0 saturated carbocycles. The zero-order chi connectivity index (χ0) is 11.8. The van der Waals surface area contributed by atoms with Gasteiger partial charge in [-0.05, 0) is 18.2 Å². The number of nitrogens with zero attached hydrogens (tertiary/aromatic N) is 2. The molecule has 3 nitrogen and oxygen atoms in total. The molecule has 0 atom stereocenters. The largest absolute Gasteiger partial charge is 0.326 e. The lowest BCUT2D eigenvalue weighted by molar-refractivity contribution is 0.508. The Morgan fingerprint density at radius 3 is 3.12 bits per heavy atom. The second-order valence-corrected chi connectivity index (χ2v) is 4.42. The molecular formula is C12H11ClFN3. The van der Waals surface area contributed by atoms with Crippen LogP contribution < -0.4 is 5.32 Å². The van der Waals surface area contributed by atoms with E-state index in [4.69, 9.17) is 11.6 Å². The highest BCUT2D eigenvalue weighted by Gasteiger charge is 2.16. The van der Waals surface area contributed by atoms with Crippen LogP contribution in [0.3, 0.4) is 0 Å². The predicted molar refractivity (Wildman–Crippen MR) is 64.3 cm³/mol. The second-order valence-electron chi connectivity index (χ2n) is 4.01. The van der Waals surface area contributed by atoms with Crippen molar-refractivity contribution in [3.8, 4) is 11.3 Å². The summed E-state index contributed by atoms with van der Waals surface area (Å²) >= 11 is 6.07. The Bertz CT molecular complexity index is 565. The summed E-state index contributed by atoms with van der Waals surface area (Å²) in [6, 6.07) is 4.45. The molecule has 2 aromatic rings. The van der Waals surface area contributed by atoms with Crippen molar-refractivity contribution in [2.24, 2.45) is 0 Å². The second kappa shape index (κ2) is 4.13. The summed E-state index contributed by atoms with van der Waals surface area (Å²) in [5.41, 5.74) is 1.78. The van der Waals surface area contributed by atoms with Crippen LogP contribution in [0.2, 0.25) is 5.02 Å². The van der Waals surface area contributed by atoms with Crippen molar-refractivity contribution in [2.75, 3.05) is 6.54 Å². The van der Waals surface area contributed by atoms with Gasteiger partial charge in [-0.15, -0.1) is 0 Å². The first-order chi connectivity index (χ1) is 8.25. The molecule has 5 heteroatoms. The van der Waals surface area contributed by atoms with Crippen LogP contribution in [0, 0.1) is 5.82 Å². The van der Waals surface area contributed by atoms with E-state index < -0.39 is 0 Å². The van der Waals surface area contributed by atoms with Crippen molar-refractivity contribution in [1.29, 1.82) is 0 Å². The van der Waals surface area contributed by atoms with Crippen molar-refractivity contribution in [3.05, 3.63) is 41.1 Å². The van der Waals surface area contributed by atoms with Gasteiger partial charge in [-0.1, -0.05) is 11.6 Å². The van der Waals surface area contributed by atoms with Crippen LogP contribution in [0.4, 0.5) is 4.39 Å². The quantitative estimate of drug-likeness (QED) is 0.844. The summed E-state index contributed by atoms with van der Waals surface area (Å²) in [6.07, 6.45) is 1.79. The molecule has 17 heavy (non-hydrogen) atoms. The normalized spacial score (nSPS) is 14.7. The van der Waals surface area contributed by atoms with Gasteiger partial charge < -0.3 is 9.88 Å². The Morgan fingerprint density at radius 1 is 1.41 bits per heavy atom. The maximum Gasteiger partial charge on any atom is 0.124 e. The van der Waals surface area contributed by atoms with Crippen molar-refractivity contribution in [1.82, 2.24) is 14.9 Å². The zero-order valence-electron chi connectivity index (χ0n) is 9.08. The molecule has 1 aromatic carbocycles. The summed E-state index contributed by atoms with van der Waals surface area (Å²) in [7, 11) is 0. The SMILES string of the molecule is Fc1ccc(-c2cnc3n2CCNC3)c(Cl)c1. The highest BCUT2D eigenvalue weighted by Crippen LogP contribution is 2.29. The molecule has 88 valence electrons. The fourth-order valence-electron chi connectivity index (χ4n) is 2.11. The van der Waals surface area contributed by atoms with Crippen LogP contribution in [-0.4, -0.2) is 16.1 Å². The third kappa shape index (κ3) is 1.83. The van der Waals surface area contributed by atoms with E-state index in [-0.39, 0.29) is 5.82 Å². The lowest BCUT2D eigenvalue weighted by Crippen LogP contribution is -2.28. The Labute approximate surface area is 103 Å². The van der Waals surface area contributed by atoms with Crippen molar-refractivity contribution in [2.45, 2.75) is 13.1 Å². The standard InChI is InChI=1S/C12H11ClFN3/c13-10-5-8(14)1-2-9(10)11-6-16-12-7-15-3-4-17(11)12/h1-2,5-6,15H,3-4,7H2. The molecule has 3 rings (SSSR count). The highest BCUT2D eigenvalue weighted by atomic mass is 35.5. The number of benzene rings is 1. The van der Waals surface area contributed by atoms with Gasteiger partial charge in [-0.3, -0.25) is 0 Å². The molecule has 1 N–H and O–H groups in total. The summed E-state index contributed by atoms with van der Waals surface area (Å²) in [4.78, 5) is 4.34. The van der Waals surface area contributed by atoms with E-state index in [1.165, 1.54) is 12.1 Å². The van der Waals surface area contributed by atoms with Crippen LogP contribution in [0.15, 0.2) is 24.4 Å². The molecule has 0 saturated heterocycles. The van der Waals surface area contributed by atoms with Crippen molar-refractivity contribution < 1.29 is 4.39 Å². The fraction of sp³-hybridized carbons (Fsp3) is 0.250. The maximum atomic E-state index is 13.0. The molecule has 0 radical (unpaired) electrons. The minimum Gasteiger partial charge on any atom is -0.326 e. The lowest BCUT2D eigenvalue weighted by Gasteiger charge is -2.18. The highest BCUT2D eigenvalue weighted by molar-refractivity contribution is 6.33. The van der Waals surface area contributed by atoms with E-state index in [9.17, 15) is 4.39 Å².